The molecule has 0 saturated heterocycles. The van der Waals surface area contributed by atoms with Crippen molar-refractivity contribution in [1.29, 1.82) is 0 Å². The van der Waals surface area contributed by atoms with Gasteiger partial charge in [-0.25, -0.2) is 0 Å². The van der Waals surface area contributed by atoms with Crippen LogP contribution < -0.4 is 11.1 Å². The van der Waals surface area contributed by atoms with E-state index >= 15 is 0 Å². The summed E-state index contributed by atoms with van der Waals surface area (Å²) in [6, 6.07) is 6.08. The molecule has 0 radical (unpaired) electrons. The molecule has 1 aromatic carbocycles. The first-order chi connectivity index (χ1) is 8.58. The van der Waals surface area contributed by atoms with Crippen molar-refractivity contribution >= 4 is 11.6 Å². The van der Waals surface area contributed by atoms with Gasteiger partial charge in [0.25, 0.3) is 5.69 Å². The lowest BCUT2D eigenvalue weighted by atomic mass is 10.0. The van der Waals surface area contributed by atoms with Crippen molar-refractivity contribution in [3.8, 4) is 0 Å². The summed E-state index contributed by atoms with van der Waals surface area (Å²) in [5.74, 6) is -0.143. The average molecular weight is 251 g/mol. The molecule has 0 saturated carbocycles. The lowest BCUT2D eigenvalue weighted by molar-refractivity contribution is -0.384. The Morgan fingerprint density at radius 1 is 1.56 bits per heavy atom. The quantitative estimate of drug-likeness (QED) is 0.591. The van der Waals surface area contributed by atoms with Crippen LogP contribution in [0.2, 0.25) is 0 Å². The Hall–Kier alpha value is -1.95. The van der Waals surface area contributed by atoms with Crippen LogP contribution in [0.5, 0.6) is 0 Å². The van der Waals surface area contributed by atoms with Crippen molar-refractivity contribution in [1.82, 2.24) is 5.32 Å². The van der Waals surface area contributed by atoms with Gasteiger partial charge in [-0.3, -0.25) is 14.9 Å². The Morgan fingerprint density at radius 3 is 2.83 bits per heavy atom. The van der Waals surface area contributed by atoms with Crippen LogP contribution >= 0.6 is 0 Å². The summed E-state index contributed by atoms with van der Waals surface area (Å²) in [5, 5.41) is 13.5. The van der Waals surface area contributed by atoms with Gasteiger partial charge in [0.2, 0.25) is 5.91 Å². The zero-order chi connectivity index (χ0) is 13.5. The van der Waals surface area contributed by atoms with Gasteiger partial charge in [-0.05, 0) is 12.0 Å². The van der Waals surface area contributed by atoms with Gasteiger partial charge in [0.05, 0.1) is 11.0 Å². The number of non-ortho nitro benzene ring substituents is 1. The molecule has 0 fully saturated rings. The molecule has 0 aromatic heterocycles. The smallest absolute Gasteiger partial charge is 0.269 e. The number of hydrogen-bond donors (Lipinski definition) is 2. The third-order valence-corrected chi connectivity index (χ3v) is 2.60. The molecule has 1 unspecified atom stereocenters. The van der Waals surface area contributed by atoms with Crippen molar-refractivity contribution in [2.24, 2.45) is 5.73 Å². The predicted octanol–water partition coefficient (Wildman–Crippen LogP) is 1.51. The molecule has 1 rings (SSSR count). The Bertz CT molecular complexity index is 434. The fourth-order valence-corrected chi connectivity index (χ4v) is 1.67. The van der Waals surface area contributed by atoms with Gasteiger partial charge in [0.1, 0.15) is 0 Å². The molecule has 3 N–H and O–H groups in total. The van der Waals surface area contributed by atoms with E-state index in [-0.39, 0.29) is 30.6 Å². The fraction of sp³-hybridized carbons (Fsp3) is 0.417. The molecule has 1 aromatic rings. The summed E-state index contributed by atoms with van der Waals surface area (Å²) in [5.41, 5.74) is 6.06. The Balaban J connectivity index is 2.84. The summed E-state index contributed by atoms with van der Waals surface area (Å²) >= 11 is 0. The molecule has 1 amide bonds. The average Bonchev–Trinajstić information content (AvgIpc) is 2.36. The SMILES string of the molecule is CCC(NC(=O)CCN)c1cccc([N+](=O)[O-])c1. The van der Waals surface area contributed by atoms with Crippen molar-refractivity contribution in [3.05, 3.63) is 39.9 Å². The number of nitro benzene ring substituents is 1. The van der Waals surface area contributed by atoms with Crippen LogP contribution in [0.3, 0.4) is 0 Å². The molecule has 0 aliphatic carbocycles. The van der Waals surface area contributed by atoms with E-state index in [2.05, 4.69) is 5.32 Å². The van der Waals surface area contributed by atoms with Gasteiger partial charge in [-0.1, -0.05) is 19.1 Å². The second-order valence-corrected chi connectivity index (χ2v) is 3.92. The maximum Gasteiger partial charge on any atom is 0.269 e. The summed E-state index contributed by atoms with van der Waals surface area (Å²) < 4.78 is 0. The van der Waals surface area contributed by atoms with Crippen LogP contribution in [0.25, 0.3) is 0 Å². The maximum absolute atomic E-state index is 11.5. The fourth-order valence-electron chi connectivity index (χ4n) is 1.67. The number of nitrogens with two attached hydrogens (primary N) is 1. The lowest BCUT2D eigenvalue weighted by Crippen LogP contribution is -2.29. The molecule has 98 valence electrons. The lowest BCUT2D eigenvalue weighted by Gasteiger charge is -2.17. The first kappa shape index (κ1) is 14.1. The van der Waals surface area contributed by atoms with Crippen LogP contribution in [0.4, 0.5) is 5.69 Å². The van der Waals surface area contributed by atoms with E-state index in [0.29, 0.717) is 6.42 Å². The summed E-state index contributed by atoms with van der Waals surface area (Å²) in [7, 11) is 0. The number of benzene rings is 1. The number of amides is 1. The van der Waals surface area contributed by atoms with Crippen LogP contribution in [-0.2, 0) is 4.79 Å². The van der Waals surface area contributed by atoms with Gasteiger partial charge < -0.3 is 11.1 Å². The van der Waals surface area contributed by atoms with Gasteiger partial charge in [0, 0.05) is 25.1 Å². The highest BCUT2D eigenvalue weighted by Crippen LogP contribution is 2.21. The number of nitrogens with one attached hydrogen (secondary N) is 1. The van der Waals surface area contributed by atoms with Crippen molar-refractivity contribution in [3.63, 3.8) is 0 Å². The molecular weight excluding hydrogens is 234 g/mol. The zero-order valence-corrected chi connectivity index (χ0v) is 10.3. The van der Waals surface area contributed by atoms with E-state index in [0.717, 1.165) is 5.56 Å². The monoisotopic (exact) mass is 251 g/mol. The first-order valence-electron chi connectivity index (χ1n) is 5.82. The molecule has 0 heterocycles. The topological polar surface area (TPSA) is 98.3 Å². The maximum atomic E-state index is 11.5. The molecular formula is C12H17N3O3. The van der Waals surface area contributed by atoms with Gasteiger partial charge in [0.15, 0.2) is 0 Å². The Morgan fingerprint density at radius 2 is 2.28 bits per heavy atom. The highest BCUT2D eigenvalue weighted by Gasteiger charge is 2.15. The van der Waals surface area contributed by atoms with E-state index in [1.54, 1.807) is 12.1 Å². The van der Waals surface area contributed by atoms with Crippen LogP contribution in [0.1, 0.15) is 31.4 Å². The zero-order valence-electron chi connectivity index (χ0n) is 10.3. The van der Waals surface area contributed by atoms with Crippen molar-refractivity contribution < 1.29 is 9.72 Å². The standard InChI is InChI=1S/C12H17N3O3/c1-2-11(14-12(16)6-7-13)9-4-3-5-10(8-9)15(17)18/h3-5,8,11H,2,6-7,13H2,1H3,(H,14,16). The highest BCUT2D eigenvalue weighted by molar-refractivity contribution is 5.76. The number of rotatable bonds is 6. The minimum absolute atomic E-state index is 0.0269. The van der Waals surface area contributed by atoms with E-state index in [1.165, 1.54) is 12.1 Å². The van der Waals surface area contributed by atoms with Crippen LogP contribution in [-0.4, -0.2) is 17.4 Å². The van der Waals surface area contributed by atoms with E-state index in [1.807, 2.05) is 6.92 Å². The van der Waals surface area contributed by atoms with Gasteiger partial charge in [-0.2, -0.15) is 0 Å². The van der Waals surface area contributed by atoms with Crippen LogP contribution in [0.15, 0.2) is 24.3 Å². The third-order valence-electron chi connectivity index (χ3n) is 2.60. The number of nitrogens with zero attached hydrogens (tertiary/aromatic N) is 1. The van der Waals surface area contributed by atoms with Crippen LogP contribution in [0, 0.1) is 10.1 Å². The second kappa shape index (κ2) is 6.70. The molecule has 0 bridgehead atoms. The van der Waals surface area contributed by atoms with E-state index < -0.39 is 4.92 Å². The Labute approximate surface area is 105 Å². The van der Waals surface area contributed by atoms with E-state index in [9.17, 15) is 14.9 Å². The largest absolute Gasteiger partial charge is 0.349 e. The number of hydrogen-bond acceptors (Lipinski definition) is 4. The predicted molar refractivity (Wildman–Crippen MR) is 67.9 cm³/mol. The summed E-state index contributed by atoms with van der Waals surface area (Å²) in [6.07, 6.45) is 0.920. The normalized spacial score (nSPS) is 11.9. The molecule has 1 atom stereocenters. The summed E-state index contributed by atoms with van der Waals surface area (Å²) in [6.45, 7) is 2.20. The van der Waals surface area contributed by atoms with Crippen molar-refractivity contribution in [2.45, 2.75) is 25.8 Å². The molecule has 0 aliphatic rings. The minimum Gasteiger partial charge on any atom is -0.349 e. The first-order valence-corrected chi connectivity index (χ1v) is 5.82. The molecule has 0 spiro atoms. The number of carbonyl (C=O) groups is 1. The number of carbonyl (C=O) groups excluding carboxylic acids is 1. The molecule has 6 nitrogen and oxygen atoms in total. The number of nitro groups is 1. The molecule has 18 heavy (non-hydrogen) atoms. The minimum atomic E-state index is -0.447. The van der Waals surface area contributed by atoms with Crippen molar-refractivity contribution in [2.75, 3.05) is 6.54 Å². The Kier molecular flexibility index (Phi) is 5.26. The third kappa shape index (κ3) is 3.81. The molecule has 0 aliphatic heterocycles. The highest BCUT2D eigenvalue weighted by atomic mass is 16.6. The summed E-state index contributed by atoms with van der Waals surface area (Å²) in [4.78, 5) is 21.7. The molecule has 6 heteroatoms. The van der Waals surface area contributed by atoms with E-state index in [4.69, 9.17) is 5.73 Å². The second-order valence-electron chi connectivity index (χ2n) is 3.92. The van der Waals surface area contributed by atoms with Gasteiger partial charge >= 0.3 is 0 Å². The van der Waals surface area contributed by atoms with Gasteiger partial charge in [-0.15, -0.1) is 0 Å².